The van der Waals surface area contributed by atoms with Crippen molar-refractivity contribution in [2.75, 3.05) is 0 Å². The summed E-state index contributed by atoms with van der Waals surface area (Å²) in [6.45, 7) is 4.18. The molecule has 2 aromatic rings. The molecule has 1 aliphatic heterocycles. The third-order valence-electron chi connectivity index (χ3n) is 3.99. The molecule has 2 aromatic carbocycles. The van der Waals surface area contributed by atoms with E-state index in [1.165, 1.54) is 5.56 Å². The predicted octanol–water partition coefficient (Wildman–Crippen LogP) is 4.11. The van der Waals surface area contributed by atoms with Gasteiger partial charge in [0, 0.05) is 12.0 Å². The first-order chi connectivity index (χ1) is 9.67. The van der Waals surface area contributed by atoms with E-state index in [4.69, 9.17) is 4.74 Å². The summed E-state index contributed by atoms with van der Waals surface area (Å²) in [5.41, 5.74) is 4.51. The van der Waals surface area contributed by atoms with Gasteiger partial charge in [-0.3, -0.25) is 0 Å². The number of hydrogen-bond donors (Lipinski definition) is 1. The lowest BCUT2D eigenvalue weighted by Crippen LogP contribution is -2.19. The molecule has 1 unspecified atom stereocenters. The Kier molecular flexibility index (Phi) is 3.49. The van der Waals surface area contributed by atoms with Crippen molar-refractivity contribution < 1.29 is 9.84 Å². The Morgan fingerprint density at radius 1 is 1.15 bits per heavy atom. The fourth-order valence-corrected chi connectivity index (χ4v) is 2.74. The molecule has 0 bridgehead atoms. The summed E-state index contributed by atoms with van der Waals surface area (Å²) >= 11 is 0. The highest BCUT2D eigenvalue weighted by atomic mass is 16.5. The Morgan fingerprint density at radius 2 is 1.90 bits per heavy atom. The number of benzene rings is 2. The minimum atomic E-state index is -0.450. The topological polar surface area (TPSA) is 29.5 Å². The van der Waals surface area contributed by atoms with E-state index in [9.17, 15) is 5.11 Å². The maximum Gasteiger partial charge on any atom is 0.127 e. The number of rotatable bonds is 2. The van der Waals surface area contributed by atoms with Crippen LogP contribution < -0.4 is 4.74 Å². The van der Waals surface area contributed by atoms with Gasteiger partial charge >= 0.3 is 0 Å². The van der Waals surface area contributed by atoms with Gasteiger partial charge in [-0.15, -0.1) is 0 Å². The molecule has 0 aliphatic carbocycles. The van der Waals surface area contributed by atoms with E-state index in [0.29, 0.717) is 6.42 Å². The van der Waals surface area contributed by atoms with Gasteiger partial charge in [-0.05, 0) is 36.6 Å². The number of aliphatic hydroxyl groups is 1. The summed E-state index contributed by atoms with van der Waals surface area (Å²) in [6, 6.07) is 14.5. The molecule has 0 saturated carbocycles. The van der Waals surface area contributed by atoms with Crippen molar-refractivity contribution >= 4 is 0 Å². The summed E-state index contributed by atoms with van der Waals surface area (Å²) in [5, 5.41) is 10.3. The molecule has 0 spiro atoms. The average molecular weight is 268 g/mol. The highest BCUT2D eigenvalue weighted by Crippen LogP contribution is 2.41. The molecule has 1 N–H and O–H groups in total. The monoisotopic (exact) mass is 268 g/mol. The number of aryl methyl sites for hydroxylation is 2. The Hall–Kier alpha value is -1.80. The van der Waals surface area contributed by atoms with Crippen LogP contribution in [0, 0.1) is 6.92 Å². The quantitative estimate of drug-likeness (QED) is 0.888. The predicted molar refractivity (Wildman–Crippen MR) is 79.9 cm³/mol. The molecule has 2 heteroatoms. The molecule has 3 rings (SSSR count). The summed E-state index contributed by atoms with van der Waals surface area (Å²) < 4.78 is 6.06. The Bertz CT molecular complexity index is 601. The van der Waals surface area contributed by atoms with Crippen molar-refractivity contribution in [1.82, 2.24) is 0 Å². The van der Waals surface area contributed by atoms with Crippen LogP contribution in [0.3, 0.4) is 0 Å². The van der Waals surface area contributed by atoms with E-state index in [-0.39, 0.29) is 6.10 Å². The standard InChI is InChI=1S/C18H20O2/c1-3-13-5-7-14(8-6-13)18-11-16(19)15-10-12(2)4-9-17(15)20-18/h4-10,16,18-19H,3,11H2,1-2H3/t16-,18?/m1/s1. The van der Waals surface area contributed by atoms with Gasteiger partial charge in [0.15, 0.2) is 0 Å². The van der Waals surface area contributed by atoms with Gasteiger partial charge in [0.2, 0.25) is 0 Å². The highest BCUT2D eigenvalue weighted by molar-refractivity contribution is 5.41. The van der Waals surface area contributed by atoms with Gasteiger partial charge in [0.25, 0.3) is 0 Å². The second kappa shape index (κ2) is 5.29. The third-order valence-corrected chi connectivity index (χ3v) is 3.99. The van der Waals surface area contributed by atoms with E-state index in [2.05, 4.69) is 31.2 Å². The molecule has 0 fully saturated rings. The molecule has 0 radical (unpaired) electrons. The van der Waals surface area contributed by atoms with Crippen molar-refractivity contribution in [3.63, 3.8) is 0 Å². The van der Waals surface area contributed by atoms with Crippen LogP contribution in [0.4, 0.5) is 0 Å². The van der Waals surface area contributed by atoms with Gasteiger partial charge in [-0.2, -0.15) is 0 Å². The van der Waals surface area contributed by atoms with Crippen molar-refractivity contribution in [1.29, 1.82) is 0 Å². The fraction of sp³-hybridized carbons (Fsp3) is 0.333. The van der Waals surface area contributed by atoms with E-state index in [1.807, 2.05) is 25.1 Å². The van der Waals surface area contributed by atoms with Crippen LogP contribution in [0.25, 0.3) is 0 Å². The SMILES string of the molecule is CCc1ccc(C2C[C@@H](O)c3cc(C)ccc3O2)cc1. The van der Waals surface area contributed by atoms with E-state index < -0.39 is 6.10 Å². The first-order valence-electron chi connectivity index (χ1n) is 7.21. The zero-order valence-corrected chi connectivity index (χ0v) is 12.0. The summed E-state index contributed by atoms with van der Waals surface area (Å²) in [7, 11) is 0. The average Bonchev–Trinajstić information content (AvgIpc) is 2.48. The summed E-state index contributed by atoms with van der Waals surface area (Å²) in [4.78, 5) is 0. The smallest absolute Gasteiger partial charge is 0.127 e. The maximum atomic E-state index is 10.3. The van der Waals surface area contributed by atoms with Gasteiger partial charge in [0.1, 0.15) is 11.9 Å². The van der Waals surface area contributed by atoms with Crippen molar-refractivity contribution in [3.05, 3.63) is 64.7 Å². The van der Waals surface area contributed by atoms with Gasteiger partial charge in [0.05, 0.1) is 6.10 Å². The number of ether oxygens (including phenoxy) is 1. The van der Waals surface area contributed by atoms with Crippen molar-refractivity contribution in [3.8, 4) is 5.75 Å². The molecular weight excluding hydrogens is 248 g/mol. The normalized spacial score (nSPS) is 21.1. The first kappa shape index (κ1) is 13.2. The zero-order valence-electron chi connectivity index (χ0n) is 12.0. The summed E-state index contributed by atoms with van der Waals surface area (Å²) in [5.74, 6) is 0.805. The van der Waals surface area contributed by atoms with Crippen LogP contribution in [-0.2, 0) is 6.42 Å². The van der Waals surface area contributed by atoms with Gasteiger partial charge < -0.3 is 9.84 Å². The molecule has 20 heavy (non-hydrogen) atoms. The van der Waals surface area contributed by atoms with Crippen LogP contribution in [0.15, 0.2) is 42.5 Å². The highest BCUT2D eigenvalue weighted by Gasteiger charge is 2.27. The lowest BCUT2D eigenvalue weighted by molar-refractivity contribution is 0.0657. The lowest BCUT2D eigenvalue weighted by Gasteiger charge is -2.30. The van der Waals surface area contributed by atoms with Crippen LogP contribution in [0.5, 0.6) is 5.75 Å². The minimum Gasteiger partial charge on any atom is -0.485 e. The van der Waals surface area contributed by atoms with E-state index in [0.717, 1.165) is 28.9 Å². The van der Waals surface area contributed by atoms with E-state index in [1.54, 1.807) is 0 Å². The molecule has 0 aromatic heterocycles. The van der Waals surface area contributed by atoms with Crippen LogP contribution >= 0.6 is 0 Å². The Labute approximate surface area is 120 Å². The molecule has 2 atom stereocenters. The number of fused-ring (bicyclic) bond motifs is 1. The fourth-order valence-electron chi connectivity index (χ4n) is 2.74. The van der Waals surface area contributed by atoms with E-state index >= 15 is 0 Å². The molecule has 0 amide bonds. The Balaban J connectivity index is 1.88. The third kappa shape index (κ3) is 2.44. The van der Waals surface area contributed by atoms with Gasteiger partial charge in [-0.25, -0.2) is 0 Å². The lowest BCUT2D eigenvalue weighted by atomic mass is 9.93. The number of aliphatic hydroxyl groups excluding tert-OH is 1. The molecule has 1 aliphatic rings. The van der Waals surface area contributed by atoms with Crippen LogP contribution in [-0.4, -0.2) is 5.11 Å². The van der Waals surface area contributed by atoms with Crippen LogP contribution in [0.1, 0.15) is 47.8 Å². The first-order valence-corrected chi connectivity index (χ1v) is 7.21. The molecule has 0 saturated heterocycles. The Morgan fingerprint density at radius 3 is 2.60 bits per heavy atom. The zero-order chi connectivity index (χ0) is 14.1. The molecule has 2 nitrogen and oxygen atoms in total. The summed E-state index contributed by atoms with van der Waals surface area (Å²) in [6.07, 6.45) is 1.14. The van der Waals surface area contributed by atoms with Gasteiger partial charge in [-0.1, -0.05) is 42.8 Å². The minimum absolute atomic E-state index is 0.0638. The largest absolute Gasteiger partial charge is 0.485 e. The van der Waals surface area contributed by atoms with Crippen molar-refractivity contribution in [2.24, 2.45) is 0 Å². The molecular formula is C18H20O2. The number of hydrogen-bond acceptors (Lipinski definition) is 2. The van der Waals surface area contributed by atoms with Crippen LogP contribution in [0.2, 0.25) is 0 Å². The molecule has 104 valence electrons. The second-order valence-electron chi connectivity index (χ2n) is 5.49. The maximum absolute atomic E-state index is 10.3. The molecule has 1 heterocycles. The second-order valence-corrected chi connectivity index (χ2v) is 5.49. The van der Waals surface area contributed by atoms with Crippen molar-refractivity contribution in [2.45, 2.75) is 38.9 Å².